The molecule has 224 valence electrons. The summed E-state index contributed by atoms with van der Waals surface area (Å²) in [6, 6.07) is 8.56. The first-order valence-electron chi connectivity index (χ1n) is 13.0. The number of carbonyl (C=O) groups is 2. The van der Waals surface area contributed by atoms with Crippen LogP contribution >= 0.6 is 23.2 Å². The van der Waals surface area contributed by atoms with E-state index in [1.54, 1.807) is 26.0 Å². The summed E-state index contributed by atoms with van der Waals surface area (Å²) in [4.78, 5) is 32.4. The van der Waals surface area contributed by atoms with E-state index in [1.807, 2.05) is 12.1 Å². The highest BCUT2D eigenvalue weighted by Crippen LogP contribution is 2.42. The van der Waals surface area contributed by atoms with Crippen LogP contribution in [0.3, 0.4) is 0 Å². The van der Waals surface area contributed by atoms with Crippen LogP contribution < -0.4 is 20.3 Å². The van der Waals surface area contributed by atoms with Crippen LogP contribution in [0.15, 0.2) is 36.4 Å². The lowest BCUT2D eigenvalue weighted by molar-refractivity contribution is -0.274. The van der Waals surface area contributed by atoms with Gasteiger partial charge in [0.05, 0.1) is 33.5 Å². The summed E-state index contributed by atoms with van der Waals surface area (Å²) in [5.74, 6) is -0.687. The molecule has 5 rings (SSSR count). The van der Waals surface area contributed by atoms with Gasteiger partial charge in [0, 0.05) is 55.1 Å². The molecular formula is C27H28Cl2F3N7O3. The smallest absolute Gasteiger partial charge is 0.406 e. The number of hydrogen-bond acceptors (Lipinski definition) is 6. The number of likely N-dealkylation sites (N-methyl/N-ethyl adjacent to an activating group) is 1. The molecule has 1 aromatic heterocycles. The molecule has 1 fully saturated rings. The van der Waals surface area contributed by atoms with E-state index >= 15 is 0 Å². The number of amides is 3. The Hall–Kier alpha value is -3.68. The number of alkyl halides is 3. The molecule has 3 N–H and O–H groups in total. The fourth-order valence-corrected chi connectivity index (χ4v) is 5.61. The predicted octanol–water partition coefficient (Wildman–Crippen LogP) is 5.90. The van der Waals surface area contributed by atoms with Crippen LogP contribution in [0.2, 0.25) is 10.0 Å². The number of H-pyrrole nitrogens is 1. The van der Waals surface area contributed by atoms with Gasteiger partial charge in [0.15, 0.2) is 5.82 Å². The molecule has 0 bridgehead atoms. The van der Waals surface area contributed by atoms with E-state index < -0.39 is 23.7 Å². The normalized spacial score (nSPS) is 16.8. The monoisotopic (exact) mass is 625 g/mol. The lowest BCUT2D eigenvalue weighted by Crippen LogP contribution is -2.44. The number of nitrogens with zero attached hydrogens (tertiary/aromatic N) is 4. The van der Waals surface area contributed by atoms with Gasteiger partial charge in [-0.05, 0) is 45.2 Å². The molecule has 15 heteroatoms. The fraction of sp³-hybridized carbons (Fsp3) is 0.370. The van der Waals surface area contributed by atoms with Crippen LogP contribution in [0, 0.1) is 0 Å². The summed E-state index contributed by atoms with van der Waals surface area (Å²) in [7, 11) is 2.09. The Morgan fingerprint density at radius 3 is 2.24 bits per heavy atom. The maximum Gasteiger partial charge on any atom is 0.573 e. The number of nitrogens with one attached hydrogen (secondary N) is 3. The van der Waals surface area contributed by atoms with Gasteiger partial charge >= 0.3 is 12.4 Å². The SMILES string of the molecule is CN1CCN(c2ccc(C(=O)Nc3n[nH]c4c3CN(C(=O)Nc3c(Cl)cc(OC(F)(F)F)cc3Cl)C4(C)C)cc2)CC1. The number of carbonyl (C=O) groups excluding carboxylic acids is 2. The highest BCUT2D eigenvalue weighted by atomic mass is 35.5. The van der Waals surface area contributed by atoms with Gasteiger partial charge in [0.25, 0.3) is 5.91 Å². The first-order chi connectivity index (χ1) is 19.7. The van der Waals surface area contributed by atoms with Gasteiger partial charge in [-0.1, -0.05) is 23.2 Å². The van der Waals surface area contributed by atoms with Gasteiger partial charge in [-0.3, -0.25) is 9.89 Å². The molecular weight excluding hydrogens is 598 g/mol. The molecule has 42 heavy (non-hydrogen) atoms. The van der Waals surface area contributed by atoms with Crippen molar-refractivity contribution in [3.05, 3.63) is 63.3 Å². The van der Waals surface area contributed by atoms with Crippen LogP contribution in [-0.2, 0) is 12.1 Å². The summed E-state index contributed by atoms with van der Waals surface area (Å²) >= 11 is 12.2. The number of aromatic nitrogens is 2. The van der Waals surface area contributed by atoms with E-state index in [4.69, 9.17) is 23.2 Å². The summed E-state index contributed by atoms with van der Waals surface area (Å²) in [5.41, 5.74) is 1.77. The zero-order valence-electron chi connectivity index (χ0n) is 22.9. The highest BCUT2D eigenvalue weighted by molar-refractivity contribution is 6.40. The number of fused-ring (bicyclic) bond motifs is 1. The molecule has 10 nitrogen and oxygen atoms in total. The van der Waals surface area contributed by atoms with Gasteiger partial charge in [0.2, 0.25) is 0 Å². The molecule has 2 aliphatic rings. The maximum absolute atomic E-state index is 13.3. The first kappa shape index (κ1) is 29.8. The van der Waals surface area contributed by atoms with Crippen molar-refractivity contribution in [1.82, 2.24) is 20.0 Å². The standard InChI is InChI=1S/C27H28Cl2F3N7O3/c1-26(2)22-18(14-39(26)25(41)33-21-19(28)12-17(13-20(21)29)42-27(30,31)32)23(36-35-22)34-24(40)15-4-6-16(7-5-15)38-10-8-37(3)9-11-38/h4-7,12-13H,8-11,14H2,1-3H3,(H,33,41)(H2,34,35,36,40). The van der Waals surface area contributed by atoms with Gasteiger partial charge in [-0.25, -0.2) is 4.79 Å². The number of urea groups is 1. The molecule has 3 heterocycles. The average Bonchev–Trinajstić information content (AvgIpc) is 3.43. The third kappa shape index (κ3) is 6.08. The number of hydrogen-bond donors (Lipinski definition) is 3. The zero-order chi connectivity index (χ0) is 30.4. The molecule has 2 aromatic carbocycles. The number of aromatic amines is 1. The Kier molecular flexibility index (Phi) is 7.94. The van der Waals surface area contributed by atoms with Crippen molar-refractivity contribution in [2.75, 3.05) is 48.8 Å². The van der Waals surface area contributed by atoms with Crippen LogP contribution in [0.4, 0.5) is 35.2 Å². The second-order valence-corrected chi connectivity index (χ2v) is 11.4. The molecule has 0 saturated carbocycles. The Bertz CT molecular complexity index is 1480. The van der Waals surface area contributed by atoms with Gasteiger partial charge < -0.3 is 30.1 Å². The lowest BCUT2D eigenvalue weighted by atomic mass is 10.0. The maximum atomic E-state index is 13.3. The number of ether oxygens (including phenoxy) is 1. The summed E-state index contributed by atoms with van der Waals surface area (Å²) in [5, 5.41) is 12.1. The Morgan fingerprint density at radius 2 is 1.64 bits per heavy atom. The van der Waals surface area contributed by atoms with Crippen LogP contribution in [0.5, 0.6) is 5.75 Å². The van der Waals surface area contributed by atoms with Gasteiger partial charge in [-0.15, -0.1) is 13.2 Å². The van der Waals surface area contributed by atoms with E-state index in [-0.39, 0.29) is 34.0 Å². The predicted molar refractivity (Wildman–Crippen MR) is 153 cm³/mol. The number of rotatable bonds is 5. The lowest BCUT2D eigenvalue weighted by Gasteiger charge is -2.34. The van der Waals surface area contributed by atoms with Crippen molar-refractivity contribution in [2.45, 2.75) is 32.3 Å². The Labute approximate surface area is 249 Å². The van der Waals surface area contributed by atoms with Gasteiger partial charge in [-0.2, -0.15) is 5.10 Å². The number of anilines is 3. The Balaban J connectivity index is 1.27. The molecule has 0 atom stereocenters. The van der Waals surface area contributed by atoms with Crippen molar-refractivity contribution < 1.29 is 27.5 Å². The van der Waals surface area contributed by atoms with E-state index in [0.717, 1.165) is 44.0 Å². The first-order valence-corrected chi connectivity index (χ1v) is 13.7. The van der Waals surface area contributed by atoms with E-state index in [1.165, 1.54) is 4.90 Å². The van der Waals surface area contributed by atoms with Crippen LogP contribution in [0.25, 0.3) is 0 Å². The molecule has 2 aliphatic heterocycles. The number of benzene rings is 2. The minimum atomic E-state index is -4.93. The molecule has 3 amide bonds. The number of piperazine rings is 1. The zero-order valence-corrected chi connectivity index (χ0v) is 24.4. The summed E-state index contributed by atoms with van der Waals surface area (Å²) in [6.45, 7) is 7.41. The summed E-state index contributed by atoms with van der Waals surface area (Å²) in [6.07, 6.45) is -4.93. The van der Waals surface area contributed by atoms with Crippen molar-refractivity contribution in [1.29, 1.82) is 0 Å². The van der Waals surface area contributed by atoms with Crippen molar-refractivity contribution in [3.8, 4) is 5.75 Å². The molecule has 3 aromatic rings. The average molecular weight is 626 g/mol. The highest BCUT2D eigenvalue weighted by Gasteiger charge is 2.44. The second kappa shape index (κ2) is 11.2. The fourth-order valence-electron chi connectivity index (χ4n) is 5.05. The van der Waals surface area contributed by atoms with Crippen molar-refractivity contribution in [3.63, 3.8) is 0 Å². The number of halogens is 5. The molecule has 0 unspecified atom stereocenters. The molecule has 0 spiro atoms. The summed E-state index contributed by atoms with van der Waals surface area (Å²) < 4.78 is 41.6. The third-order valence-corrected chi connectivity index (χ3v) is 8.02. The third-order valence-electron chi connectivity index (χ3n) is 7.43. The topological polar surface area (TPSA) is 106 Å². The second-order valence-electron chi connectivity index (χ2n) is 10.6. The van der Waals surface area contributed by atoms with E-state index in [2.05, 4.69) is 42.4 Å². The van der Waals surface area contributed by atoms with E-state index in [9.17, 15) is 22.8 Å². The van der Waals surface area contributed by atoms with Crippen molar-refractivity contribution >= 4 is 52.3 Å². The molecule has 0 radical (unpaired) electrons. The quantitative estimate of drug-likeness (QED) is 0.326. The van der Waals surface area contributed by atoms with E-state index in [0.29, 0.717) is 16.8 Å². The molecule has 1 saturated heterocycles. The Morgan fingerprint density at radius 1 is 1.02 bits per heavy atom. The minimum Gasteiger partial charge on any atom is -0.406 e. The van der Waals surface area contributed by atoms with Crippen LogP contribution in [-0.4, -0.2) is 71.5 Å². The van der Waals surface area contributed by atoms with Crippen molar-refractivity contribution in [2.24, 2.45) is 0 Å². The largest absolute Gasteiger partial charge is 0.573 e. The van der Waals surface area contributed by atoms with Crippen LogP contribution in [0.1, 0.15) is 35.5 Å². The van der Waals surface area contributed by atoms with Gasteiger partial charge in [0.1, 0.15) is 5.75 Å². The minimum absolute atomic E-state index is 0.0732. The molecule has 0 aliphatic carbocycles.